The van der Waals surface area contributed by atoms with Gasteiger partial charge in [0.15, 0.2) is 17.4 Å². The molecule has 180 valence electrons. The topological polar surface area (TPSA) is 112 Å². The lowest BCUT2D eigenvalue weighted by molar-refractivity contribution is -0.153. The minimum absolute atomic E-state index is 0.118. The van der Waals surface area contributed by atoms with Crippen LogP contribution in [0.1, 0.15) is 18.5 Å². The number of para-hydroxylation sites is 2. The molecule has 10 heteroatoms. The van der Waals surface area contributed by atoms with Gasteiger partial charge in [-0.25, -0.2) is 4.98 Å². The van der Waals surface area contributed by atoms with Gasteiger partial charge in [0.05, 0.1) is 51.1 Å². The van der Waals surface area contributed by atoms with Crippen molar-refractivity contribution >= 4 is 28.9 Å². The van der Waals surface area contributed by atoms with Gasteiger partial charge in [0.25, 0.3) is 0 Å². The van der Waals surface area contributed by atoms with E-state index in [0.29, 0.717) is 17.0 Å². The van der Waals surface area contributed by atoms with Crippen LogP contribution in [0, 0.1) is 5.92 Å². The van der Waals surface area contributed by atoms with Crippen LogP contribution in [-0.2, 0) is 19.1 Å². The maximum absolute atomic E-state index is 13.8. The number of carbonyl (C=O) groups is 2. The fourth-order valence-electron chi connectivity index (χ4n) is 4.33. The number of fused-ring (bicyclic) bond motifs is 3. The van der Waals surface area contributed by atoms with Gasteiger partial charge in [-0.15, -0.1) is 0 Å². The number of amides is 1. The lowest BCUT2D eigenvalue weighted by Gasteiger charge is -2.38. The third kappa shape index (κ3) is 3.79. The zero-order valence-electron chi connectivity index (χ0n) is 19.5. The molecule has 2 atom stereocenters. The summed E-state index contributed by atoms with van der Waals surface area (Å²) in [5, 5.41) is 10.4. The normalized spacial score (nSPS) is 17.5. The number of hydrogen-bond donors (Lipinski definition) is 1. The van der Waals surface area contributed by atoms with Crippen LogP contribution in [0.5, 0.6) is 17.2 Å². The Hall–Kier alpha value is -3.79. The van der Waals surface area contributed by atoms with Crippen LogP contribution in [0.25, 0.3) is 11.0 Å². The first-order valence-electron chi connectivity index (χ1n) is 10.9. The van der Waals surface area contributed by atoms with Crippen molar-refractivity contribution in [1.82, 2.24) is 9.55 Å². The summed E-state index contributed by atoms with van der Waals surface area (Å²) in [6.45, 7) is 2.28. The van der Waals surface area contributed by atoms with Gasteiger partial charge in [-0.05, 0) is 36.8 Å². The molecule has 1 amide bonds. The number of carbonyl (C=O) groups excluding carboxylic acids is 2. The van der Waals surface area contributed by atoms with Crippen LogP contribution in [-0.4, -0.2) is 67.6 Å². The summed E-state index contributed by atoms with van der Waals surface area (Å²) in [5.41, 5.74) is 1.92. The van der Waals surface area contributed by atoms with E-state index in [4.69, 9.17) is 23.9 Å². The van der Waals surface area contributed by atoms with Crippen molar-refractivity contribution in [2.24, 2.45) is 5.92 Å². The molecule has 3 aromatic rings. The fraction of sp³-hybridized carbons (Fsp3) is 0.375. The summed E-state index contributed by atoms with van der Waals surface area (Å²) in [6, 6.07) is 9.79. The van der Waals surface area contributed by atoms with Crippen molar-refractivity contribution in [3.63, 3.8) is 0 Å². The highest BCUT2D eigenvalue weighted by atomic mass is 16.5. The standard InChI is InChI=1S/C24H27N3O7/c1-5-34-23(30)19-20(14-12-17(32-3)21(28)18(13-14)33-4)27-16-9-7-6-8-15(16)25-24(27)26(22(19)29)10-11-31-2/h6-9,12-13,19-20,28H,5,10-11H2,1-4H3/t19-,20-/m0/s1. The van der Waals surface area contributed by atoms with Crippen molar-refractivity contribution in [3.05, 3.63) is 42.0 Å². The average Bonchev–Trinajstić information content (AvgIpc) is 3.22. The van der Waals surface area contributed by atoms with Crippen LogP contribution in [0.2, 0.25) is 0 Å². The lowest BCUT2D eigenvalue weighted by atomic mass is 9.89. The quantitative estimate of drug-likeness (QED) is 0.396. The van der Waals surface area contributed by atoms with Gasteiger partial charge in [0, 0.05) is 7.11 Å². The van der Waals surface area contributed by atoms with Crippen LogP contribution < -0.4 is 14.4 Å². The molecule has 1 aliphatic heterocycles. The molecule has 10 nitrogen and oxygen atoms in total. The van der Waals surface area contributed by atoms with E-state index in [1.54, 1.807) is 19.1 Å². The molecule has 0 saturated heterocycles. The van der Waals surface area contributed by atoms with E-state index in [1.807, 2.05) is 28.8 Å². The molecule has 34 heavy (non-hydrogen) atoms. The van der Waals surface area contributed by atoms with Gasteiger partial charge in [0.2, 0.25) is 17.6 Å². The Bertz CT molecular complexity index is 1200. The molecule has 0 bridgehead atoms. The van der Waals surface area contributed by atoms with Gasteiger partial charge in [-0.2, -0.15) is 0 Å². The van der Waals surface area contributed by atoms with E-state index in [1.165, 1.54) is 26.2 Å². The van der Waals surface area contributed by atoms with Gasteiger partial charge in [0.1, 0.15) is 0 Å². The Morgan fingerprint density at radius 1 is 1.12 bits per heavy atom. The summed E-state index contributed by atoms with van der Waals surface area (Å²) in [7, 11) is 4.37. The number of benzene rings is 2. The summed E-state index contributed by atoms with van der Waals surface area (Å²) in [6.07, 6.45) is 0. The fourth-order valence-corrected chi connectivity index (χ4v) is 4.33. The van der Waals surface area contributed by atoms with Crippen LogP contribution in [0.4, 0.5) is 5.95 Å². The minimum Gasteiger partial charge on any atom is -0.502 e. The molecular weight excluding hydrogens is 442 g/mol. The monoisotopic (exact) mass is 469 g/mol. The van der Waals surface area contributed by atoms with Gasteiger partial charge < -0.3 is 28.6 Å². The molecule has 0 fully saturated rings. The number of nitrogens with zero attached hydrogens (tertiary/aromatic N) is 3. The third-order valence-corrected chi connectivity index (χ3v) is 5.85. The number of aromatic hydroxyl groups is 1. The number of hydrogen-bond acceptors (Lipinski definition) is 8. The Labute approximate surface area is 196 Å². The van der Waals surface area contributed by atoms with E-state index in [0.717, 1.165) is 5.52 Å². The molecule has 0 radical (unpaired) electrons. The molecule has 2 heterocycles. The first-order chi connectivity index (χ1) is 16.5. The highest BCUT2D eigenvalue weighted by molar-refractivity contribution is 6.08. The van der Waals surface area contributed by atoms with Crippen LogP contribution in [0.3, 0.4) is 0 Å². The van der Waals surface area contributed by atoms with Crippen LogP contribution >= 0.6 is 0 Å². The highest BCUT2D eigenvalue weighted by Gasteiger charge is 2.48. The van der Waals surface area contributed by atoms with Crippen molar-refractivity contribution in [1.29, 1.82) is 0 Å². The Morgan fingerprint density at radius 2 is 1.79 bits per heavy atom. The number of methoxy groups -OCH3 is 3. The molecule has 0 aliphatic carbocycles. The molecule has 2 aromatic carbocycles. The number of aromatic nitrogens is 2. The van der Waals surface area contributed by atoms with Crippen molar-refractivity contribution in [2.45, 2.75) is 13.0 Å². The van der Waals surface area contributed by atoms with E-state index < -0.39 is 23.8 Å². The predicted molar refractivity (Wildman–Crippen MR) is 123 cm³/mol. The molecule has 4 rings (SSSR count). The van der Waals surface area contributed by atoms with Crippen LogP contribution in [0.15, 0.2) is 36.4 Å². The van der Waals surface area contributed by atoms with Gasteiger partial charge in [-0.1, -0.05) is 12.1 Å². The zero-order valence-corrected chi connectivity index (χ0v) is 19.5. The summed E-state index contributed by atoms with van der Waals surface area (Å²) in [5.74, 6) is -1.81. The maximum Gasteiger partial charge on any atom is 0.321 e. The Kier molecular flexibility index (Phi) is 6.60. The molecule has 0 saturated carbocycles. The number of phenols is 1. The second-order valence-electron chi connectivity index (χ2n) is 7.70. The van der Waals surface area contributed by atoms with E-state index in [9.17, 15) is 14.7 Å². The number of esters is 1. The second kappa shape index (κ2) is 9.60. The molecular formula is C24H27N3O7. The maximum atomic E-state index is 13.8. The molecule has 1 aromatic heterocycles. The van der Waals surface area contributed by atoms with Gasteiger partial charge >= 0.3 is 5.97 Å². The average molecular weight is 469 g/mol. The van der Waals surface area contributed by atoms with Gasteiger partial charge in [-0.3, -0.25) is 14.5 Å². The highest BCUT2D eigenvalue weighted by Crippen LogP contribution is 2.45. The van der Waals surface area contributed by atoms with Crippen molar-refractivity contribution < 1.29 is 33.6 Å². The third-order valence-electron chi connectivity index (χ3n) is 5.85. The van der Waals surface area contributed by atoms with E-state index >= 15 is 0 Å². The molecule has 1 aliphatic rings. The van der Waals surface area contributed by atoms with Crippen molar-refractivity contribution in [3.8, 4) is 17.2 Å². The largest absolute Gasteiger partial charge is 0.502 e. The predicted octanol–water partition coefficient (Wildman–Crippen LogP) is 2.52. The summed E-state index contributed by atoms with van der Waals surface area (Å²) >= 11 is 0. The van der Waals surface area contributed by atoms with E-state index in [2.05, 4.69) is 0 Å². The zero-order chi connectivity index (χ0) is 24.4. The summed E-state index contributed by atoms with van der Waals surface area (Å²) < 4.78 is 23.1. The smallest absolute Gasteiger partial charge is 0.321 e. The molecule has 0 spiro atoms. The SMILES string of the molecule is CCOC(=O)[C@@H]1C(=O)N(CCOC)c2nc3ccccc3n2[C@H]1c1cc(OC)c(O)c(OC)c1. The number of anilines is 1. The Morgan fingerprint density at radius 3 is 2.41 bits per heavy atom. The van der Waals surface area contributed by atoms with Crippen molar-refractivity contribution in [2.75, 3.05) is 46.0 Å². The molecule has 1 N–H and O–H groups in total. The van der Waals surface area contributed by atoms with E-state index in [-0.39, 0.29) is 37.0 Å². The number of ether oxygens (including phenoxy) is 4. The second-order valence-corrected chi connectivity index (χ2v) is 7.70. The first kappa shape index (κ1) is 23.4. The Balaban J connectivity index is 2.03. The number of rotatable bonds is 8. The molecule has 0 unspecified atom stereocenters. The minimum atomic E-state index is -1.21. The first-order valence-corrected chi connectivity index (χ1v) is 10.9. The number of imidazole rings is 1. The number of phenolic OH excluding ortho intramolecular Hbond substituents is 1. The lowest BCUT2D eigenvalue weighted by Crippen LogP contribution is -2.51. The summed E-state index contributed by atoms with van der Waals surface area (Å²) in [4.78, 5) is 33.1.